The van der Waals surface area contributed by atoms with E-state index in [2.05, 4.69) is 0 Å². The van der Waals surface area contributed by atoms with Crippen molar-refractivity contribution < 1.29 is 9.48 Å². The molecule has 1 aliphatic rings. The van der Waals surface area contributed by atoms with Crippen LogP contribution in [0.3, 0.4) is 0 Å². The molecular formula is C12H15NO2. The van der Waals surface area contributed by atoms with Crippen molar-refractivity contribution in [3.8, 4) is 0 Å². The highest BCUT2D eigenvalue weighted by Gasteiger charge is 2.16. The Hall–Kier alpha value is -1.35. The molecule has 1 aromatic rings. The van der Waals surface area contributed by atoms with Crippen LogP contribution >= 0.6 is 0 Å². The Kier molecular flexibility index (Phi) is 3.35. The fraction of sp³-hybridized carbons (Fsp3) is 0.417. The third-order valence-corrected chi connectivity index (χ3v) is 2.48. The average Bonchev–Trinajstić information content (AvgIpc) is 2.71. The van der Waals surface area contributed by atoms with Crippen molar-refractivity contribution in [2.45, 2.75) is 25.5 Å². The summed E-state index contributed by atoms with van der Waals surface area (Å²) in [5, 5.41) is 11.5. The molecule has 3 heteroatoms. The van der Waals surface area contributed by atoms with Gasteiger partial charge in [-0.15, -0.1) is 0 Å². The zero-order chi connectivity index (χ0) is 10.5. The van der Waals surface area contributed by atoms with Gasteiger partial charge in [-0.2, -0.15) is 0 Å². The first-order valence-corrected chi connectivity index (χ1v) is 5.29. The van der Waals surface area contributed by atoms with Crippen molar-refractivity contribution in [2.24, 2.45) is 0 Å². The number of hydroxylamine groups is 1. The lowest BCUT2D eigenvalue weighted by Crippen LogP contribution is -2.16. The smallest absolute Gasteiger partial charge is 0.180 e. The summed E-state index contributed by atoms with van der Waals surface area (Å²) in [6, 6.07) is 9.73. The number of hydrogen-bond donors (Lipinski definition) is 0. The van der Waals surface area contributed by atoms with Crippen LogP contribution in [0.1, 0.15) is 18.4 Å². The molecule has 0 saturated carbocycles. The molecule has 1 fully saturated rings. The number of benzene rings is 1. The topological polar surface area (TPSA) is 35.3 Å². The van der Waals surface area contributed by atoms with Gasteiger partial charge in [-0.25, -0.2) is 4.74 Å². The van der Waals surface area contributed by atoms with Gasteiger partial charge in [0.2, 0.25) is 0 Å². The summed E-state index contributed by atoms with van der Waals surface area (Å²) in [4.78, 5) is 0. The van der Waals surface area contributed by atoms with E-state index in [1.807, 2.05) is 30.3 Å². The molecule has 0 N–H and O–H groups in total. The second kappa shape index (κ2) is 4.94. The summed E-state index contributed by atoms with van der Waals surface area (Å²) in [5.74, 6) is 0. The second-order valence-corrected chi connectivity index (χ2v) is 3.76. The fourth-order valence-electron chi connectivity index (χ4n) is 1.72. The fourth-order valence-corrected chi connectivity index (χ4v) is 1.72. The van der Waals surface area contributed by atoms with Gasteiger partial charge in [-0.1, -0.05) is 30.3 Å². The average molecular weight is 205 g/mol. The minimum absolute atomic E-state index is 0.0196. The number of nitrogens with zero attached hydrogens (tertiary/aromatic N) is 1. The first-order valence-electron chi connectivity index (χ1n) is 5.29. The molecule has 0 aliphatic carbocycles. The lowest BCUT2D eigenvalue weighted by molar-refractivity contribution is -0.472. The SMILES string of the molecule is [O-]/[N+](=C\C1CCCO1)Cc1ccccc1. The van der Waals surface area contributed by atoms with Crippen LogP contribution < -0.4 is 0 Å². The van der Waals surface area contributed by atoms with E-state index in [4.69, 9.17) is 4.74 Å². The summed E-state index contributed by atoms with van der Waals surface area (Å²) < 4.78 is 6.33. The molecule has 1 aromatic carbocycles. The molecule has 1 saturated heterocycles. The van der Waals surface area contributed by atoms with Crippen LogP contribution in [0.25, 0.3) is 0 Å². The van der Waals surface area contributed by atoms with Crippen molar-refractivity contribution in [3.05, 3.63) is 41.1 Å². The van der Waals surface area contributed by atoms with E-state index >= 15 is 0 Å². The third kappa shape index (κ3) is 3.06. The molecule has 3 nitrogen and oxygen atoms in total. The van der Waals surface area contributed by atoms with Gasteiger partial charge in [0, 0.05) is 12.2 Å². The standard InChI is InChI=1S/C12H15NO2/c14-13(10-12-7-4-8-15-12)9-11-5-2-1-3-6-11/h1-3,5-6,10,12H,4,7-9H2/b13-10-. The minimum Gasteiger partial charge on any atom is -0.624 e. The maximum absolute atomic E-state index is 11.5. The molecule has 1 unspecified atom stereocenters. The third-order valence-electron chi connectivity index (χ3n) is 2.48. The van der Waals surface area contributed by atoms with E-state index in [9.17, 15) is 5.21 Å². The van der Waals surface area contributed by atoms with Crippen molar-refractivity contribution in [2.75, 3.05) is 6.61 Å². The van der Waals surface area contributed by atoms with Crippen molar-refractivity contribution in [1.29, 1.82) is 0 Å². The Morgan fingerprint density at radius 3 is 2.87 bits per heavy atom. The first kappa shape index (κ1) is 10.2. The van der Waals surface area contributed by atoms with E-state index in [0.717, 1.165) is 29.8 Å². The molecule has 0 radical (unpaired) electrons. The Morgan fingerprint density at radius 2 is 2.20 bits per heavy atom. The van der Waals surface area contributed by atoms with Gasteiger partial charge in [0.1, 0.15) is 6.10 Å². The molecule has 0 bridgehead atoms. The van der Waals surface area contributed by atoms with E-state index < -0.39 is 0 Å². The van der Waals surface area contributed by atoms with Gasteiger partial charge in [0.15, 0.2) is 12.8 Å². The van der Waals surface area contributed by atoms with Gasteiger partial charge in [-0.05, 0) is 12.8 Å². The summed E-state index contributed by atoms with van der Waals surface area (Å²) in [6.45, 7) is 1.18. The maximum atomic E-state index is 11.5. The zero-order valence-electron chi connectivity index (χ0n) is 8.63. The Labute approximate surface area is 89.6 Å². The highest BCUT2D eigenvalue weighted by atomic mass is 16.5. The summed E-state index contributed by atoms with van der Waals surface area (Å²) in [6.07, 6.45) is 3.68. The van der Waals surface area contributed by atoms with Crippen LogP contribution in [-0.4, -0.2) is 23.7 Å². The minimum atomic E-state index is 0.0196. The van der Waals surface area contributed by atoms with Crippen molar-refractivity contribution >= 4 is 6.21 Å². The van der Waals surface area contributed by atoms with E-state index in [0.29, 0.717) is 6.54 Å². The summed E-state index contributed by atoms with van der Waals surface area (Å²) in [5.41, 5.74) is 1.03. The molecule has 0 amide bonds. The van der Waals surface area contributed by atoms with Crippen LogP contribution in [0.5, 0.6) is 0 Å². The normalized spacial score (nSPS) is 21.9. The molecule has 15 heavy (non-hydrogen) atoms. The van der Waals surface area contributed by atoms with Gasteiger partial charge in [-0.3, -0.25) is 0 Å². The van der Waals surface area contributed by atoms with Crippen LogP contribution in [0.4, 0.5) is 0 Å². The highest BCUT2D eigenvalue weighted by Crippen LogP contribution is 2.09. The monoisotopic (exact) mass is 205 g/mol. The first-order chi connectivity index (χ1) is 7.34. The molecule has 80 valence electrons. The summed E-state index contributed by atoms with van der Waals surface area (Å²) in [7, 11) is 0. The van der Waals surface area contributed by atoms with Crippen LogP contribution in [0.15, 0.2) is 30.3 Å². The van der Waals surface area contributed by atoms with Gasteiger partial charge < -0.3 is 9.94 Å². The molecule has 2 rings (SSSR count). The predicted molar refractivity (Wildman–Crippen MR) is 58.8 cm³/mol. The van der Waals surface area contributed by atoms with E-state index in [-0.39, 0.29) is 6.10 Å². The predicted octanol–water partition coefficient (Wildman–Crippen LogP) is 1.95. The molecule has 0 spiro atoms. The molecular weight excluding hydrogens is 190 g/mol. The van der Waals surface area contributed by atoms with E-state index in [1.165, 1.54) is 0 Å². The van der Waals surface area contributed by atoms with Crippen molar-refractivity contribution in [3.63, 3.8) is 0 Å². The summed E-state index contributed by atoms with van der Waals surface area (Å²) >= 11 is 0. The molecule has 1 aliphatic heterocycles. The second-order valence-electron chi connectivity index (χ2n) is 3.76. The largest absolute Gasteiger partial charge is 0.624 e. The Morgan fingerprint density at radius 1 is 1.40 bits per heavy atom. The van der Waals surface area contributed by atoms with Crippen LogP contribution in [0.2, 0.25) is 0 Å². The lowest BCUT2D eigenvalue weighted by atomic mass is 10.2. The van der Waals surface area contributed by atoms with Crippen molar-refractivity contribution in [1.82, 2.24) is 0 Å². The maximum Gasteiger partial charge on any atom is 0.180 e. The molecule has 1 atom stereocenters. The number of ether oxygens (including phenoxy) is 1. The van der Waals surface area contributed by atoms with Crippen LogP contribution in [0, 0.1) is 5.21 Å². The molecule has 0 aromatic heterocycles. The van der Waals surface area contributed by atoms with Crippen LogP contribution in [-0.2, 0) is 11.3 Å². The Bertz CT molecular complexity index is 329. The molecule has 1 heterocycles. The van der Waals surface area contributed by atoms with Gasteiger partial charge >= 0.3 is 0 Å². The quantitative estimate of drug-likeness (QED) is 0.327. The number of rotatable bonds is 3. The van der Waals surface area contributed by atoms with E-state index in [1.54, 1.807) is 6.21 Å². The lowest BCUT2D eigenvalue weighted by Gasteiger charge is -2.06. The van der Waals surface area contributed by atoms with Gasteiger partial charge in [0.05, 0.1) is 0 Å². The Balaban J connectivity index is 1.94. The van der Waals surface area contributed by atoms with Gasteiger partial charge in [0.25, 0.3) is 0 Å². The zero-order valence-corrected chi connectivity index (χ0v) is 8.63. The number of hydrogen-bond acceptors (Lipinski definition) is 2. The highest BCUT2D eigenvalue weighted by molar-refractivity contribution is 5.58.